The first-order valence-corrected chi connectivity index (χ1v) is 5.86. The van der Waals surface area contributed by atoms with E-state index < -0.39 is 4.92 Å². The molecule has 0 bridgehead atoms. The van der Waals surface area contributed by atoms with E-state index in [0.29, 0.717) is 6.54 Å². The lowest BCUT2D eigenvalue weighted by Gasteiger charge is -2.03. The van der Waals surface area contributed by atoms with Crippen LogP contribution in [0.4, 0.5) is 11.4 Å². The molecule has 0 fully saturated rings. The minimum atomic E-state index is -0.404. The summed E-state index contributed by atoms with van der Waals surface area (Å²) in [6, 6.07) is 6.44. The molecule has 1 aromatic carbocycles. The normalized spacial score (nSPS) is 10.2. The Morgan fingerprint density at radius 2 is 2.35 bits per heavy atom. The fourth-order valence-electron chi connectivity index (χ4n) is 1.39. The standard InChI is InChI=1S/C11H11N3O2S/c1-8-6-13-11(17-8)7-12-9-3-2-4-10(5-9)14(15)16/h2-6,12H,7H2,1H3. The molecule has 1 aromatic heterocycles. The Kier molecular flexibility index (Phi) is 3.34. The summed E-state index contributed by atoms with van der Waals surface area (Å²) in [6.45, 7) is 2.58. The Bertz CT molecular complexity index is 539. The van der Waals surface area contributed by atoms with E-state index >= 15 is 0 Å². The van der Waals surface area contributed by atoms with Crippen molar-refractivity contribution >= 4 is 22.7 Å². The average Bonchev–Trinajstić information content (AvgIpc) is 2.73. The number of nitrogens with zero attached hydrogens (tertiary/aromatic N) is 2. The first-order valence-electron chi connectivity index (χ1n) is 5.05. The van der Waals surface area contributed by atoms with Crippen molar-refractivity contribution in [2.75, 3.05) is 5.32 Å². The third-order valence-electron chi connectivity index (χ3n) is 2.17. The molecule has 0 aliphatic rings. The van der Waals surface area contributed by atoms with Gasteiger partial charge in [-0.15, -0.1) is 11.3 Å². The van der Waals surface area contributed by atoms with Gasteiger partial charge in [-0.3, -0.25) is 10.1 Å². The van der Waals surface area contributed by atoms with Crippen molar-refractivity contribution in [2.45, 2.75) is 13.5 Å². The number of hydrogen-bond acceptors (Lipinski definition) is 5. The van der Waals surface area contributed by atoms with Crippen LogP contribution in [0.2, 0.25) is 0 Å². The Morgan fingerprint density at radius 3 is 3.00 bits per heavy atom. The number of non-ortho nitro benzene ring substituents is 1. The van der Waals surface area contributed by atoms with Gasteiger partial charge in [0.25, 0.3) is 5.69 Å². The number of nitro groups is 1. The lowest BCUT2D eigenvalue weighted by molar-refractivity contribution is -0.384. The highest BCUT2D eigenvalue weighted by Gasteiger charge is 2.05. The Morgan fingerprint density at radius 1 is 1.53 bits per heavy atom. The highest BCUT2D eigenvalue weighted by Crippen LogP contribution is 2.18. The summed E-state index contributed by atoms with van der Waals surface area (Å²) in [5, 5.41) is 14.7. The van der Waals surface area contributed by atoms with Gasteiger partial charge in [-0.05, 0) is 13.0 Å². The van der Waals surface area contributed by atoms with Crippen LogP contribution in [0.3, 0.4) is 0 Å². The minimum Gasteiger partial charge on any atom is -0.378 e. The van der Waals surface area contributed by atoms with Gasteiger partial charge in [-0.25, -0.2) is 4.98 Å². The monoisotopic (exact) mass is 249 g/mol. The van der Waals surface area contributed by atoms with E-state index in [4.69, 9.17) is 0 Å². The van der Waals surface area contributed by atoms with Crippen LogP contribution in [0.1, 0.15) is 9.88 Å². The van der Waals surface area contributed by atoms with Crippen LogP contribution in [-0.4, -0.2) is 9.91 Å². The van der Waals surface area contributed by atoms with Crippen molar-refractivity contribution in [3.63, 3.8) is 0 Å². The zero-order chi connectivity index (χ0) is 12.3. The van der Waals surface area contributed by atoms with E-state index in [1.807, 2.05) is 13.1 Å². The van der Waals surface area contributed by atoms with Crippen molar-refractivity contribution in [3.8, 4) is 0 Å². The van der Waals surface area contributed by atoms with E-state index in [1.165, 1.54) is 12.1 Å². The van der Waals surface area contributed by atoms with Crippen LogP contribution in [0, 0.1) is 17.0 Å². The predicted molar refractivity (Wildman–Crippen MR) is 67.3 cm³/mol. The Labute approximate surface area is 102 Å². The van der Waals surface area contributed by atoms with Gasteiger partial charge in [0, 0.05) is 28.9 Å². The highest BCUT2D eigenvalue weighted by atomic mass is 32.1. The van der Waals surface area contributed by atoms with E-state index in [1.54, 1.807) is 23.5 Å². The van der Waals surface area contributed by atoms with E-state index in [9.17, 15) is 10.1 Å². The van der Waals surface area contributed by atoms with Crippen LogP contribution in [0.5, 0.6) is 0 Å². The van der Waals surface area contributed by atoms with Crippen LogP contribution >= 0.6 is 11.3 Å². The summed E-state index contributed by atoms with van der Waals surface area (Å²) in [5.41, 5.74) is 0.817. The maximum atomic E-state index is 10.6. The quantitative estimate of drug-likeness (QED) is 0.668. The topological polar surface area (TPSA) is 68.1 Å². The third-order valence-corrected chi connectivity index (χ3v) is 3.08. The van der Waals surface area contributed by atoms with Crippen molar-refractivity contribution in [3.05, 3.63) is 50.5 Å². The van der Waals surface area contributed by atoms with Gasteiger partial charge < -0.3 is 5.32 Å². The fraction of sp³-hybridized carbons (Fsp3) is 0.182. The molecule has 2 rings (SSSR count). The lowest BCUT2D eigenvalue weighted by atomic mass is 10.3. The molecule has 0 radical (unpaired) electrons. The molecular weight excluding hydrogens is 238 g/mol. The summed E-state index contributed by atoms with van der Waals surface area (Å²) in [6.07, 6.45) is 1.81. The van der Waals surface area contributed by atoms with E-state index in [2.05, 4.69) is 10.3 Å². The van der Waals surface area contributed by atoms with Gasteiger partial charge in [-0.2, -0.15) is 0 Å². The van der Waals surface area contributed by atoms with Gasteiger partial charge in [0.05, 0.1) is 11.5 Å². The number of thiazole rings is 1. The maximum Gasteiger partial charge on any atom is 0.271 e. The molecule has 6 heteroatoms. The van der Waals surface area contributed by atoms with Gasteiger partial charge in [-0.1, -0.05) is 6.07 Å². The maximum absolute atomic E-state index is 10.6. The molecule has 0 unspecified atom stereocenters. The SMILES string of the molecule is Cc1cnc(CNc2cccc([N+](=O)[O-])c2)s1. The van der Waals surface area contributed by atoms with Crippen molar-refractivity contribution < 1.29 is 4.92 Å². The molecule has 17 heavy (non-hydrogen) atoms. The number of hydrogen-bond donors (Lipinski definition) is 1. The van der Waals surface area contributed by atoms with Crippen molar-refractivity contribution in [1.29, 1.82) is 0 Å². The van der Waals surface area contributed by atoms with Crippen LogP contribution in [0.25, 0.3) is 0 Å². The molecule has 88 valence electrons. The zero-order valence-electron chi connectivity index (χ0n) is 9.21. The lowest BCUT2D eigenvalue weighted by Crippen LogP contribution is -1.99. The van der Waals surface area contributed by atoms with Gasteiger partial charge >= 0.3 is 0 Å². The van der Waals surface area contributed by atoms with Crippen molar-refractivity contribution in [1.82, 2.24) is 4.98 Å². The molecule has 0 aliphatic carbocycles. The molecule has 0 atom stereocenters. The Hall–Kier alpha value is -1.95. The molecule has 0 aliphatic heterocycles. The number of rotatable bonds is 4. The minimum absolute atomic E-state index is 0.0883. The first kappa shape index (κ1) is 11.5. The third kappa shape index (κ3) is 3.01. The van der Waals surface area contributed by atoms with Crippen LogP contribution in [0.15, 0.2) is 30.5 Å². The smallest absolute Gasteiger partial charge is 0.271 e. The summed E-state index contributed by atoms with van der Waals surface area (Å²) in [4.78, 5) is 15.6. The van der Waals surface area contributed by atoms with E-state index in [-0.39, 0.29) is 5.69 Å². The number of aromatic nitrogens is 1. The number of benzene rings is 1. The molecule has 5 nitrogen and oxygen atoms in total. The molecule has 2 aromatic rings. The molecular formula is C11H11N3O2S. The van der Waals surface area contributed by atoms with Crippen LogP contribution in [-0.2, 0) is 6.54 Å². The number of nitrogens with one attached hydrogen (secondary N) is 1. The average molecular weight is 249 g/mol. The summed E-state index contributed by atoms with van der Waals surface area (Å²) < 4.78 is 0. The molecule has 1 N–H and O–H groups in total. The first-order chi connectivity index (χ1) is 8.15. The molecule has 0 spiro atoms. The molecule has 0 amide bonds. The second-order valence-corrected chi connectivity index (χ2v) is 4.84. The summed E-state index contributed by atoms with van der Waals surface area (Å²) >= 11 is 1.61. The van der Waals surface area contributed by atoms with Crippen LogP contribution < -0.4 is 5.32 Å². The molecule has 0 saturated heterocycles. The zero-order valence-corrected chi connectivity index (χ0v) is 10.0. The number of aryl methyl sites for hydroxylation is 1. The summed E-state index contributed by atoms with van der Waals surface area (Å²) in [5.74, 6) is 0. The highest BCUT2D eigenvalue weighted by molar-refractivity contribution is 7.11. The Balaban J connectivity index is 2.04. The second kappa shape index (κ2) is 4.92. The van der Waals surface area contributed by atoms with Gasteiger partial charge in [0.1, 0.15) is 5.01 Å². The number of nitro benzene ring substituents is 1. The predicted octanol–water partition coefficient (Wildman–Crippen LogP) is 2.97. The van der Waals surface area contributed by atoms with Gasteiger partial charge in [0.15, 0.2) is 0 Å². The van der Waals surface area contributed by atoms with E-state index in [0.717, 1.165) is 15.6 Å². The molecule has 1 heterocycles. The molecule has 0 saturated carbocycles. The number of anilines is 1. The second-order valence-electron chi connectivity index (χ2n) is 3.53. The largest absolute Gasteiger partial charge is 0.378 e. The van der Waals surface area contributed by atoms with Crippen molar-refractivity contribution in [2.24, 2.45) is 0 Å². The van der Waals surface area contributed by atoms with Gasteiger partial charge in [0.2, 0.25) is 0 Å². The fourth-order valence-corrected chi connectivity index (χ4v) is 2.12. The summed E-state index contributed by atoms with van der Waals surface area (Å²) in [7, 11) is 0.